The van der Waals surface area contributed by atoms with E-state index >= 15 is 0 Å². The van der Waals surface area contributed by atoms with E-state index in [0.717, 1.165) is 6.34 Å². The summed E-state index contributed by atoms with van der Waals surface area (Å²) in [6, 6.07) is 0. The van der Waals surface area contributed by atoms with E-state index in [1.807, 2.05) is 0 Å². The highest BCUT2D eigenvalue weighted by atomic mass is 16.5. The first-order chi connectivity index (χ1) is 7.42. The second kappa shape index (κ2) is 4.24. The van der Waals surface area contributed by atoms with Gasteiger partial charge in [0.05, 0.1) is 0 Å². The van der Waals surface area contributed by atoms with E-state index in [1.54, 1.807) is 5.48 Å². The van der Waals surface area contributed by atoms with Crippen molar-refractivity contribution in [1.29, 1.82) is 0 Å². The van der Waals surface area contributed by atoms with E-state index in [0.29, 0.717) is 5.69 Å². The number of hydroxylamine groups is 1. The van der Waals surface area contributed by atoms with E-state index in [1.165, 1.54) is 18.8 Å². The third-order valence-electron chi connectivity index (χ3n) is 1.50. The van der Waals surface area contributed by atoms with E-state index in [4.69, 9.17) is 5.21 Å². The quantitative estimate of drug-likeness (QED) is 0.418. The van der Waals surface area contributed by atoms with Gasteiger partial charge in [-0.25, -0.2) is 15.0 Å². The fourth-order valence-corrected chi connectivity index (χ4v) is 0.948. The summed E-state index contributed by atoms with van der Waals surface area (Å²) in [4.78, 5) is 15.6. The first-order valence-corrected chi connectivity index (χ1v) is 3.91. The van der Waals surface area contributed by atoms with Gasteiger partial charge in [-0.3, -0.25) is 10.7 Å². The van der Waals surface area contributed by atoms with Gasteiger partial charge in [0.15, 0.2) is 11.5 Å². The number of nitrogens with one attached hydrogen (secondary N) is 1. The molecule has 8 heteroatoms. The Morgan fingerprint density at radius 2 is 2.20 bits per heavy atom. The maximum Gasteiger partial charge on any atom is 0.224 e. The van der Waals surface area contributed by atoms with Gasteiger partial charge in [-0.15, -0.1) is 0 Å². The van der Waals surface area contributed by atoms with Crippen LogP contribution in [0, 0.1) is 0 Å². The molecule has 0 saturated carbocycles. The van der Waals surface area contributed by atoms with Gasteiger partial charge in [0.2, 0.25) is 12.2 Å². The Labute approximate surface area is 83.7 Å². The van der Waals surface area contributed by atoms with Crippen molar-refractivity contribution >= 4 is 12.2 Å². The molecule has 0 bridgehead atoms. The van der Waals surface area contributed by atoms with Crippen LogP contribution in [0.1, 0.15) is 0 Å². The third kappa shape index (κ3) is 1.94. The molecule has 0 aliphatic rings. The zero-order valence-electron chi connectivity index (χ0n) is 7.40. The van der Waals surface area contributed by atoms with Crippen molar-refractivity contribution < 1.29 is 9.73 Å². The third-order valence-corrected chi connectivity index (χ3v) is 1.50. The molecule has 0 unspecified atom stereocenters. The van der Waals surface area contributed by atoms with Crippen LogP contribution in [-0.2, 0) is 0 Å². The van der Waals surface area contributed by atoms with Crippen molar-refractivity contribution in [2.24, 2.45) is 4.99 Å². The average molecular weight is 206 g/mol. The zero-order chi connectivity index (χ0) is 10.5. The van der Waals surface area contributed by atoms with Gasteiger partial charge >= 0.3 is 0 Å². The van der Waals surface area contributed by atoms with Crippen molar-refractivity contribution in [2.75, 3.05) is 0 Å². The van der Waals surface area contributed by atoms with Crippen LogP contribution in [0.2, 0.25) is 0 Å². The summed E-state index contributed by atoms with van der Waals surface area (Å²) in [5, 5.41) is 12.0. The molecule has 2 aromatic heterocycles. The molecule has 0 fully saturated rings. The summed E-state index contributed by atoms with van der Waals surface area (Å²) < 4.78 is 4.58. The highest BCUT2D eigenvalue weighted by Gasteiger charge is 2.10. The van der Waals surface area contributed by atoms with Gasteiger partial charge in [-0.05, 0) is 0 Å². The Balaban J connectivity index is 2.43. The monoisotopic (exact) mass is 206 g/mol. The number of rotatable bonds is 3. The molecule has 0 atom stereocenters. The lowest BCUT2D eigenvalue weighted by Crippen LogP contribution is -2.01. The predicted molar refractivity (Wildman–Crippen MR) is 48.4 cm³/mol. The Morgan fingerprint density at radius 1 is 1.33 bits per heavy atom. The predicted octanol–water partition coefficient (Wildman–Crippen LogP) is 0.165. The average Bonchev–Trinajstić information content (AvgIpc) is 2.80. The van der Waals surface area contributed by atoms with Crippen LogP contribution in [0.15, 0.2) is 28.3 Å². The molecule has 0 saturated heterocycles. The Hall–Kier alpha value is -2.35. The number of aromatic nitrogens is 4. The Bertz CT molecular complexity index is 454. The topological polar surface area (TPSA) is 109 Å². The second-order valence-corrected chi connectivity index (χ2v) is 2.37. The van der Waals surface area contributed by atoms with Crippen LogP contribution >= 0.6 is 0 Å². The van der Waals surface area contributed by atoms with Crippen LogP contribution < -0.4 is 5.48 Å². The summed E-state index contributed by atoms with van der Waals surface area (Å²) >= 11 is 0. The van der Waals surface area contributed by atoms with Gasteiger partial charge in [-0.2, -0.15) is 4.98 Å². The molecule has 76 valence electrons. The zero-order valence-corrected chi connectivity index (χ0v) is 7.40. The smallest absolute Gasteiger partial charge is 0.224 e. The number of aliphatic imine (C=N–C) groups is 1. The fraction of sp³-hybridized carbons (Fsp3) is 0. The minimum Gasteiger partial charge on any atom is -0.342 e. The summed E-state index contributed by atoms with van der Waals surface area (Å²) in [6.45, 7) is 0. The molecule has 0 aromatic carbocycles. The van der Waals surface area contributed by atoms with Crippen molar-refractivity contribution in [3.63, 3.8) is 0 Å². The molecular formula is C7H6N6O2. The molecule has 0 amide bonds. The van der Waals surface area contributed by atoms with E-state index in [9.17, 15) is 0 Å². The lowest BCUT2D eigenvalue weighted by atomic mass is 10.4. The van der Waals surface area contributed by atoms with Crippen LogP contribution in [0.25, 0.3) is 11.5 Å². The van der Waals surface area contributed by atoms with Crippen molar-refractivity contribution in [2.45, 2.75) is 0 Å². The number of hydrogen-bond donors (Lipinski definition) is 2. The number of hydrogen-bond acceptors (Lipinski definition) is 7. The van der Waals surface area contributed by atoms with Crippen LogP contribution in [0.5, 0.6) is 0 Å². The second-order valence-electron chi connectivity index (χ2n) is 2.37. The molecule has 0 aliphatic carbocycles. The van der Waals surface area contributed by atoms with Crippen molar-refractivity contribution in [1.82, 2.24) is 25.6 Å². The van der Waals surface area contributed by atoms with E-state index < -0.39 is 0 Å². The summed E-state index contributed by atoms with van der Waals surface area (Å²) in [5.74, 6) is 0.564. The van der Waals surface area contributed by atoms with Gasteiger partial charge < -0.3 is 4.52 Å². The molecule has 0 aliphatic heterocycles. The number of nitrogens with zero attached hydrogens (tertiary/aromatic N) is 5. The van der Waals surface area contributed by atoms with Gasteiger partial charge in [0, 0.05) is 12.4 Å². The minimum absolute atomic E-state index is 0.278. The SMILES string of the molecule is ONC=Nc1nccnc1-c1ncon1. The molecular weight excluding hydrogens is 200 g/mol. The normalized spacial score (nSPS) is 10.7. The standard InChI is InChI=1S/C7H6N6O2/c14-12-3-10-6-5(8-1-2-9-6)7-11-4-15-13-7/h1-4,14H,(H,9,10,12). The lowest BCUT2D eigenvalue weighted by Gasteiger charge is -1.96. The van der Waals surface area contributed by atoms with Gasteiger partial charge in [0.25, 0.3) is 0 Å². The first kappa shape index (κ1) is 9.21. The van der Waals surface area contributed by atoms with E-state index in [2.05, 4.69) is 29.6 Å². The van der Waals surface area contributed by atoms with Crippen LogP contribution in [0.4, 0.5) is 5.82 Å². The van der Waals surface area contributed by atoms with Crippen LogP contribution in [0.3, 0.4) is 0 Å². The fourth-order valence-electron chi connectivity index (χ4n) is 0.948. The molecule has 2 heterocycles. The molecule has 0 radical (unpaired) electrons. The highest BCUT2D eigenvalue weighted by Crippen LogP contribution is 2.21. The molecule has 2 aromatic rings. The molecule has 15 heavy (non-hydrogen) atoms. The minimum atomic E-state index is 0.278. The largest absolute Gasteiger partial charge is 0.342 e. The van der Waals surface area contributed by atoms with E-state index in [-0.39, 0.29) is 11.6 Å². The van der Waals surface area contributed by atoms with Crippen molar-refractivity contribution in [3.05, 3.63) is 18.8 Å². The summed E-state index contributed by atoms with van der Waals surface area (Å²) in [6.07, 6.45) is 5.19. The summed E-state index contributed by atoms with van der Waals surface area (Å²) in [7, 11) is 0. The molecule has 2 rings (SSSR count). The molecule has 2 N–H and O–H groups in total. The van der Waals surface area contributed by atoms with Gasteiger partial charge in [-0.1, -0.05) is 5.16 Å². The first-order valence-electron chi connectivity index (χ1n) is 3.91. The highest BCUT2D eigenvalue weighted by molar-refractivity contribution is 5.67. The Kier molecular flexibility index (Phi) is 2.61. The lowest BCUT2D eigenvalue weighted by molar-refractivity contribution is 0.240. The van der Waals surface area contributed by atoms with Gasteiger partial charge in [0.1, 0.15) is 6.34 Å². The van der Waals surface area contributed by atoms with Crippen molar-refractivity contribution in [3.8, 4) is 11.5 Å². The molecule has 0 spiro atoms. The maximum absolute atomic E-state index is 8.35. The molecule has 8 nitrogen and oxygen atoms in total. The van der Waals surface area contributed by atoms with Crippen LogP contribution in [-0.4, -0.2) is 31.7 Å². The summed E-state index contributed by atoms with van der Waals surface area (Å²) in [5.41, 5.74) is 2.14. The Morgan fingerprint density at radius 3 is 2.93 bits per heavy atom. The maximum atomic E-state index is 8.35.